The Kier molecular flexibility index (Phi) is 5.74. The van der Waals surface area contributed by atoms with Crippen LogP contribution in [0.2, 0.25) is 0 Å². The van der Waals surface area contributed by atoms with Crippen molar-refractivity contribution < 1.29 is 18.0 Å². The number of rotatable bonds is 6. The van der Waals surface area contributed by atoms with Crippen LogP contribution in [0.25, 0.3) is 0 Å². The highest BCUT2D eigenvalue weighted by molar-refractivity contribution is 7.91. The molecule has 1 aliphatic rings. The molecule has 0 spiro atoms. The van der Waals surface area contributed by atoms with Crippen molar-refractivity contribution >= 4 is 21.7 Å². The molecule has 2 amide bonds. The second-order valence-electron chi connectivity index (χ2n) is 5.07. The van der Waals surface area contributed by atoms with Gasteiger partial charge < -0.3 is 9.80 Å². The molecule has 1 rings (SSSR count). The van der Waals surface area contributed by atoms with E-state index in [1.807, 2.05) is 0 Å². The molecule has 0 saturated carbocycles. The summed E-state index contributed by atoms with van der Waals surface area (Å²) < 4.78 is 22.8. The van der Waals surface area contributed by atoms with Crippen molar-refractivity contribution in [2.75, 3.05) is 31.6 Å². The molecule has 1 fully saturated rings. The van der Waals surface area contributed by atoms with Crippen molar-refractivity contribution in [2.45, 2.75) is 25.8 Å². The van der Waals surface area contributed by atoms with E-state index in [9.17, 15) is 18.0 Å². The van der Waals surface area contributed by atoms with E-state index in [1.165, 1.54) is 16.7 Å². The standard InChI is InChI=1S/C13H22N2O4S/c1-4-7-15(11(2)16)8-5-13(17)14(3)12-6-9-20(18,19)10-12/h4,12H,1,5-10H2,2-3H3. The van der Waals surface area contributed by atoms with Crippen molar-refractivity contribution in [3.8, 4) is 0 Å². The molecular weight excluding hydrogens is 280 g/mol. The molecule has 0 radical (unpaired) electrons. The Hall–Kier alpha value is -1.37. The maximum atomic E-state index is 12.0. The van der Waals surface area contributed by atoms with Crippen LogP contribution in [0, 0.1) is 0 Å². The first kappa shape index (κ1) is 16.7. The molecule has 1 aliphatic heterocycles. The van der Waals surface area contributed by atoms with Crippen LogP contribution in [-0.4, -0.2) is 67.7 Å². The third-order valence-electron chi connectivity index (χ3n) is 3.54. The molecule has 0 aromatic rings. The number of amides is 2. The molecule has 0 bridgehead atoms. The highest BCUT2D eigenvalue weighted by Gasteiger charge is 2.32. The highest BCUT2D eigenvalue weighted by Crippen LogP contribution is 2.17. The number of sulfone groups is 1. The van der Waals surface area contributed by atoms with Crippen molar-refractivity contribution in [3.05, 3.63) is 12.7 Å². The van der Waals surface area contributed by atoms with Crippen LogP contribution in [0.3, 0.4) is 0 Å². The summed E-state index contributed by atoms with van der Waals surface area (Å²) in [6.07, 6.45) is 2.30. The summed E-state index contributed by atoms with van der Waals surface area (Å²) in [7, 11) is -1.37. The molecule has 1 saturated heterocycles. The smallest absolute Gasteiger partial charge is 0.224 e. The predicted octanol–water partition coefficient (Wildman–Crippen LogP) is 0.0565. The van der Waals surface area contributed by atoms with Crippen LogP contribution in [0.15, 0.2) is 12.7 Å². The van der Waals surface area contributed by atoms with E-state index in [0.717, 1.165) is 0 Å². The fourth-order valence-electron chi connectivity index (χ4n) is 2.22. The van der Waals surface area contributed by atoms with Crippen LogP contribution >= 0.6 is 0 Å². The topological polar surface area (TPSA) is 74.8 Å². The van der Waals surface area contributed by atoms with Gasteiger partial charge in [-0.15, -0.1) is 6.58 Å². The Balaban J connectivity index is 2.50. The Bertz CT molecular complexity index is 487. The first-order chi connectivity index (χ1) is 9.26. The number of nitrogens with zero attached hydrogens (tertiary/aromatic N) is 2. The van der Waals surface area contributed by atoms with E-state index in [0.29, 0.717) is 19.5 Å². The minimum Gasteiger partial charge on any atom is -0.342 e. The molecule has 20 heavy (non-hydrogen) atoms. The summed E-state index contributed by atoms with van der Waals surface area (Å²) in [4.78, 5) is 26.4. The van der Waals surface area contributed by atoms with E-state index in [-0.39, 0.29) is 35.8 Å². The average molecular weight is 302 g/mol. The second kappa shape index (κ2) is 6.88. The number of carbonyl (C=O) groups excluding carboxylic acids is 2. The molecule has 0 aromatic carbocycles. The first-order valence-corrected chi connectivity index (χ1v) is 8.41. The molecular formula is C13H22N2O4S. The van der Waals surface area contributed by atoms with E-state index < -0.39 is 9.84 Å². The number of carbonyl (C=O) groups is 2. The minimum absolute atomic E-state index is 0.0400. The summed E-state index contributed by atoms with van der Waals surface area (Å²) in [5, 5.41) is 0. The molecule has 1 unspecified atom stereocenters. The summed E-state index contributed by atoms with van der Waals surface area (Å²) in [6.45, 7) is 5.74. The zero-order chi connectivity index (χ0) is 15.3. The normalized spacial score (nSPS) is 20.4. The van der Waals surface area contributed by atoms with E-state index in [1.54, 1.807) is 13.1 Å². The van der Waals surface area contributed by atoms with Gasteiger partial charge in [-0.2, -0.15) is 0 Å². The van der Waals surface area contributed by atoms with Gasteiger partial charge in [-0.1, -0.05) is 6.08 Å². The fourth-order valence-corrected chi connectivity index (χ4v) is 4.00. The van der Waals surface area contributed by atoms with Crippen LogP contribution in [0.1, 0.15) is 19.8 Å². The van der Waals surface area contributed by atoms with Gasteiger partial charge in [-0.05, 0) is 6.42 Å². The Morgan fingerprint density at radius 3 is 2.50 bits per heavy atom. The quantitative estimate of drug-likeness (QED) is 0.650. The van der Waals surface area contributed by atoms with Gasteiger partial charge in [0.1, 0.15) is 0 Å². The lowest BCUT2D eigenvalue weighted by atomic mass is 10.2. The van der Waals surface area contributed by atoms with Crippen LogP contribution < -0.4 is 0 Å². The molecule has 1 atom stereocenters. The van der Waals surface area contributed by atoms with E-state index >= 15 is 0 Å². The van der Waals surface area contributed by atoms with Gasteiger partial charge in [0.25, 0.3) is 0 Å². The van der Waals surface area contributed by atoms with Crippen LogP contribution in [0.4, 0.5) is 0 Å². The Labute approximate surface area is 120 Å². The van der Waals surface area contributed by atoms with Crippen molar-refractivity contribution in [1.82, 2.24) is 9.80 Å². The van der Waals surface area contributed by atoms with Crippen molar-refractivity contribution in [1.29, 1.82) is 0 Å². The molecule has 0 aromatic heterocycles. The van der Waals surface area contributed by atoms with Crippen molar-refractivity contribution in [3.63, 3.8) is 0 Å². The first-order valence-electron chi connectivity index (χ1n) is 6.59. The van der Waals surface area contributed by atoms with Gasteiger partial charge in [-0.3, -0.25) is 9.59 Å². The molecule has 0 N–H and O–H groups in total. The lowest BCUT2D eigenvalue weighted by Crippen LogP contribution is -2.40. The zero-order valence-electron chi connectivity index (χ0n) is 12.0. The van der Waals surface area contributed by atoms with Gasteiger partial charge in [0.15, 0.2) is 9.84 Å². The molecule has 7 heteroatoms. The maximum Gasteiger partial charge on any atom is 0.224 e. The highest BCUT2D eigenvalue weighted by atomic mass is 32.2. The van der Waals surface area contributed by atoms with Gasteiger partial charge in [0.05, 0.1) is 11.5 Å². The van der Waals surface area contributed by atoms with Crippen LogP contribution in [0.5, 0.6) is 0 Å². The SMILES string of the molecule is C=CCN(CCC(=O)N(C)C1CCS(=O)(=O)C1)C(C)=O. The number of hydrogen-bond acceptors (Lipinski definition) is 4. The van der Waals surface area contributed by atoms with E-state index in [2.05, 4.69) is 6.58 Å². The number of hydrogen-bond donors (Lipinski definition) is 0. The minimum atomic E-state index is -3.00. The van der Waals surface area contributed by atoms with Gasteiger partial charge in [0, 0.05) is 39.5 Å². The fraction of sp³-hybridized carbons (Fsp3) is 0.692. The summed E-state index contributed by atoms with van der Waals surface area (Å²) in [5.41, 5.74) is 0. The predicted molar refractivity (Wildman–Crippen MR) is 76.9 cm³/mol. The molecule has 1 heterocycles. The van der Waals surface area contributed by atoms with Crippen molar-refractivity contribution in [2.24, 2.45) is 0 Å². The second-order valence-corrected chi connectivity index (χ2v) is 7.29. The average Bonchev–Trinajstić information content (AvgIpc) is 2.73. The zero-order valence-corrected chi connectivity index (χ0v) is 12.9. The van der Waals surface area contributed by atoms with Gasteiger partial charge >= 0.3 is 0 Å². The summed E-state index contributed by atoms with van der Waals surface area (Å²) >= 11 is 0. The molecule has 0 aliphatic carbocycles. The molecule has 6 nitrogen and oxygen atoms in total. The largest absolute Gasteiger partial charge is 0.342 e. The molecule has 114 valence electrons. The monoisotopic (exact) mass is 302 g/mol. The Morgan fingerprint density at radius 2 is 2.05 bits per heavy atom. The van der Waals surface area contributed by atoms with Crippen LogP contribution in [-0.2, 0) is 19.4 Å². The third-order valence-corrected chi connectivity index (χ3v) is 5.29. The Morgan fingerprint density at radius 1 is 1.40 bits per heavy atom. The van der Waals surface area contributed by atoms with Gasteiger partial charge in [0.2, 0.25) is 11.8 Å². The summed E-state index contributed by atoms with van der Waals surface area (Å²) in [5.74, 6) is -0.0601. The maximum absolute atomic E-state index is 12.0. The van der Waals surface area contributed by atoms with Gasteiger partial charge in [-0.25, -0.2) is 8.42 Å². The van der Waals surface area contributed by atoms with E-state index in [4.69, 9.17) is 0 Å². The summed E-state index contributed by atoms with van der Waals surface area (Å²) in [6, 6.07) is -0.238. The lowest BCUT2D eigenvalue weighted by molar-refractivity contribution is -0.133. The third kappa shape index (κ3) is 4.63. The lowest BCUT2D eigenvalue weighted by Gasteiger charge is -2.25.